The van der Waals surface area contributed by atoms with Crippen LogP contribution in [0.5, 0.6) is 0 Å². The molecule has 2 nitrogen and oxygen atoms in total. The SMILES string of the molecule is C1=Cc2c(oc3ccc(-c4ccc(-c5c6ccccc6c(-c6ccc7oc8c9ccccc9ccc8c7c6)c6ccccc56)cc4)cc23)CC1. The van der Waals surface area contributed by atoms with Crippen molar-refractivity contribution in [2.45, 2.75) is 12.8 Å². The van der Waals surface area contributed by atoms with Crippen molar-refractivity contribution in [3.8, 4) is 33.4 Å². The van der Waals surface area contributed by atoms with Crippen molar-refractivity contribution in [3.05, 3.63) is 163 Å². The predicted octanol–water partition coefficient (Wildman–Crippen LogP) is 13.8. The number of hydrogen-bond donors (Lipinski definition) is 0. The standard InChI is InChI=1S/C48H30O2/c1-2-10-34-30(9-1)21-24-40-42-28-33(23-26-45(42)50-48(34)40)47-38-14-5-3-12-36(38)46(37-13-4-6-15-39(37)47)31-19-17-29(18-20-31)32-22-25-44-41(27-32)35-11-7-8-16-43(35)49-44/h1-7,9-15,17-28H,8,16H2. The molecule has 50 heavy (non-hydrogen) atoms. The molecule has 0 unspecified atom stereocenters. The molecule has 8 aromatic carbocycles. The number of allylic oxidation sites excluding steroid dienone is 1. The highest BCUT2D eigenvalue weighted by atomic mass is 16.3. The zero-order chi connectivity index (χ0) is 32.8. The molecule has 1 aliphatic carbocycles. The Kier molecular flexibility index (Phi) is 5.82. The second-order valence-corrected chi connectivity index (χ2v) is 13.5. The maximum absolute atomic E-state index is 6.48. The van der Waals surface area contributed by atoms with Gasteiger partial charge in [0.1, 0.15) is 22.5 Å². The van der Waals surface area contributed by atoms with Crippen molar-refractivity contribution in [2.24, 2.45) is 0 Å². The summed E-state index contributed by atoms with van der Waals surface area (Å²) in [4.78, 5) is 0. The Balaban J connectivity index is 1.08. The topological polar surface area (TPSA) is 26.3 Å². The van der Waals surface area contributed by atoms with E-state index in [1.54, 1.807) is 0 Å². The molecule has 0 atom stereocenters. The van der Waals surface area contributed by atoms with E-state index in [0.717, 1.165) is 51.5 Å². The maximum atomic E-state index is 6.48. The van der Waals surface area contributed by atoms with Crippen LogP contribution in [0.15, 0.2) is 161 Å². The van der Waals surface area contributed by atoms with Crippen LogP contribution in [0, 0.1) is 0 Å². The van der Waals surface area contributed by atoms with Crippen LogP contribution in [0.4, 0.5) is 0 Å². The van der Waals surface area contributed by atoms with Crippen LogP contribution in [0.2, 0.25) is 0 Å². The summed E-state index contributed by atoms with van der Waals surface area (Å²) in [5.41, 5.74) is 11.4. The Bertz CT molecular complexity index is 2970. The van der Waals surface area contributed by atoms with Gasteiger partial charge >= 0.3 is 0 Å². The van der Waals surface area contributed by atoms with Gasteiger partial charge in [-0.2, -0.15) is 0 Å². The van der Waals surface area contributed by atoms with E-state index < -0.39 is 0 Å². The van der Waals surface area contributed by atoms with Gasteiger partial charge in [0.2, 0.25) is 0 Å². The molecule has 0 aliphatic heterocycles. The molecule has 0 amide bonds. The fourth-order valence-electron chi connectivity index (χ4n) is 8.37. The minimum absolute atomic E-state index is 0.911. The molecule has 0 fully saturated rings. The molecule has 0 saturated carbocycles. The van der Waals surface area contributed by atoms with Crippen molar-refractivity contribution in [2.75, 3.05) is 0 Å². The van der Waals surface area contributed by atoms with Crippen LogP contribution < -0.4 is 0 Å². The first-order valence-corrected chi connectivity index (χ1v) is 17.4. The summed E-state index contributed by atoms with van der Waals surface area (Å²) in [5, 5.41) is 10.8. The first-order valence-electron chi connectivity index (χ1n) is 17.4. The van der Waals surface area contributed by atoms with Crippen LogP contribution in [-0.4, -0.2) is 0 Å². The van der Waals surface area contributed by atoms with Crippen LogP contribution >= 0.6 is 0 Å². The lowest BCUT2D eigenvalue weighted by Gasteiger charge is -2.18. The quantitative estimate of drug-likeness (QED) is 0.180. The molecular weight excluding hydrogens is 609 g/mol. The summed E-state index contributed by atoms with van der Waals surface area (Å²) in [6.07, 6.45) is 6.48. The van der Waals surface area contributed by atoms with Gasteiger partial charge in [-0.15, -0.1) is 0 Å². The number of aryl methyl sites for hydroxylation is 1. The molecular formula is C48H30O2. The molecule has 0 saturated heterocycles. The highest BCUT2D eigenvalue weighted by Gasteiger charge is 2.19. The van der Waals surface area contributed by atoms with Crippen LogP contribution in [0.1, 0.15) is 17.7 Å². The first kappa shape index (κ1) is 27.6. The third-order valence-corrected chi connectivity index (χ3v) is 10.7. The fourth-order valence-corrected chi connectivity index (χ4v) is 8.37. The highest BCUT2D eigenvalue weighted by Crippen LogP contribution is 2.45. The molecule has 0 N–H and O–H groups in total. The number of fused-ring (bicyclic) bond motifs is 10. The van der Waals surface area contributed by atoms with Crippen LogP contribution in [0.3, 0.4) is 0 Å². The average Bonchev–Trinajstić information content (AvgIpc) is 3.75. The Hall–Kier alpha value is -6.38. The summed E-state index contributed by atoms with van der Waals surface area (Å²) in [6, 6.07) is 52.9. The molecule has 2 heteroatoms. The van der Waals surface area contributed by atoms with Gasteiger partial charge in [-0.05, 0) is 97.1 Å². The van der Waals surface area contributed by atoms with E-state index >= 15 is 0 Å². The van der Waals surface area contributed by atoms with Gasteiger partial charge in [0.25, 0.3) is 0 Å². The zero-order valence-electron chi connectivity index (χ0n) is 27.2. The van der Waals surface area contributed by atoms with Crippen molar-refractivity contribution in [3.63, 3.8) is 0 Å². The largest absolute Gasteiger partial charge is 0.460 e. The van der Waals surface area contributed by atoms with E-state index in [2.05, 4.69) is 158 Å². The number of rotatable bonds is 3. The smallest absolute Gasteiger partial charge is 0.143 e. The second kappa shape index (κ2) is 10.6. The van der Waals surface area contributed by atoms with E-state index in [-0.39, 0.29) is 0 Å². The Morgan fingerprint density at radius 1 is 0.400 bits per heavy atom. The lowest BCUT2D eigenvalue weighted by molar-refractivity contribution is 0.546. The maximum Gasteiger partial charge on any atom is 0.143 e. The molecule has 2 heterocycles. The molecule has 0 radical (unpaired) electrons. The molecule has 0 spiro atoms. The van der Waals surface area contributed by atoms with Crippen molar-refractivity contribution in [1.82, 2.24) is 0 Å². The van der Waals surface area contributed by atoms with Gasteiger partial charge in [-0.25, -0.2) is 0 Å². The lowest BCUT2D eigenvalue weighted by atomic mass is 9.85. The van der Waals surface area contributed by atoms with Gasteiger partial charge in [0, 0.05) is 33.5 Å². The summed E-state index contributed by atoms with van der Waals surface area (Å²) in [5.74, 6) is 1.10. The second-order valence-electron chi connectivity index (χ2n) is 13.5. The average molecular weight is 639 g/mol. The Morgan fingerprint density at radius 3 is 1.72 bits per heavy atom. The van der Waals surface area contributed by atoms with E-state index in [4.69, 9.17) is 8.83 Å². The monoisotopic (exact) mass is 638 g/mol. The molecule has 0 bridgehead atoms. The lowest BCUT2D eigenvalue weighted by Crippen LogP contribution is -1.91. The van der Waals surface area contributed by atoms with Gasteiger partial charge < -0.3 is 8.83 Å². The van der Waals surface area contributed by atoms with E-state index in [1.807, 2.05) is 0 Å². The normalized spacial score (nSPS) is 13.0. The van der Waals surface area contributed by atoms with Gasteiger partial charge in [-0.3, -0.25) is 0 Å². The first-order chi connectivity index (χ1) is 24.8. The van der Waals surface area contributed by atoms with E-state index in [9.17, 15) is 0 Å². The minimum atomic E-state index is 0.911. The molecule has 2 aromatic heterocycles. The zero-order valence-corrected chi connectivity index (χ0v) is 27.2. The Morgan fingerprint density at radius 2 is 0.980 bits per heavy atom. The van der Waals surface area contributed by atoms with Gasteiger partial charge in [0.05, 0.1) is 0 Å². The van der Waals surface area contributed by atoms with Crippen molar-refractivity contribution in [1.29, 1.82) is 0 Å². The summed E-state index contributed by atoms with van der Waals surface area (Å²) >= 11 is 0. The highest BCUT2D eigenvalue weighted by molar-refractivity contribution is 6.23. The van der Waals surface area contributed by atoms with E-state index in [1.165, 1.54) is 71.3 Å². The number of hydrogen-bond acceptors (Lipinski definition) is 2. The number of benzene rings is 8. The molecule has 1 aliphatic rings. The predicted molar refractivity (Wildman–Crippen MR) is 210 cm³/mol. The van der Waals surface area contributed by atoms with Gasteiger partial charge in [-0.1, -0.05) is 127 Å². The Labute approximate surface area is 288 Å². The molecule has 11 rings (SSSR count). The van der Waals surface area contributed by atoms with E-state index in [0.29, 0.717) is 0 Å². The minimum Gasteiger partial charge on any atom is -0.460 e. The van der Waals surface area contributed by atoms with Crippen LogP contribution in [-0.2, 0) is 6.42 Å². The van der Waals surface area contributed by atoms with Crippen molar-refractivity contribution < 1.29 is 8.83 Å². The number of furan rings is 2. The molecule has 234 valence electrons. The summed E-state index contributed by atoms with van der Waals surface area (Å²) in [7, 11) is 0. The van der Waals surface area contributed by atoms with Gasteiger partial charge in [0.15, 0.2) is 0 Å². The fraction of sp³-hybridized carbons (Fsp3) is 0.0417. The third kappa shape index (κ3) is 4.02. The molecule has 10 aromatic rings. The summed E-state index contributed by atoms with van der Waals surface area (Å²) in [6.45, 7) is 0. The van der Waals surface area contributed by atoms with Crippen LogP contribution in [0.25, 0.3) is 105 Å². The summed E-state index contributed by atoms with van der Waals surface area (Å²) < 4.78 is 12.7. The third-order valence-electron chi connectivity index (χ3n) is 10.7. The van der Waals surface area contributed by atoms with Crippen molar-refractivity contribution >= 4 is 71.3 Å².